The van der Waals surface area contributed by atoms with Crippen LogP contribution in [-0.4, -0.2) is 18.7 Å². The fourth-order valence-corrected chi connectivity index (χ4v) is 2.28. The highest BCUT2D eigenvalue weighted by Gasteiger charge is 2.10. The van der Waals surface area contributed by atoms with Crippen LogP contribution in [0.3, 0.4) is 0 Å². The molecule has 106 valence electrons. The quantitative estimate of drug-likeness (QED) is 0.785. The summed E-state index contributed by atoms with van der Waals surface area (Å²) in [6, 6.07) is 9.45. The molecule has 0 amide bonds. The Morgan fingerprint density at radius 2 is 1.90 bits per heavy atom. The van der Waals surface area contributed by atoms with Crippen LogP contribution in [0.25, 0.3) is 0 Å². The Balaban J connectivity index is 2.28. The molecule has 0 radical (unpaired) electrons. The van der Waals surface area contributed by atoms with Crippen molar-refractivity contribution in [3.05, 3.63) is 51.1 Å². The summed E-state index contributed by atoms with van der Waals surface area (Å²) in [5, 5.41) is 4.14. The summed E-state index contributed by atoms with van der Waals surface area (Å²) in [5.41, 5.74) is 2.02. The van der Waals surface area contributed by atoms with Crippen LogP contribution in [0.1, 0.15) is 5.56 Å². The van der Waals surface area contributed by atoms with Gasteiger partial charge >= 0.3 is 0 Å². The van der Waals surface area contributed by atoms with Gasteiger partial charge in [0.1, 0.15) is 5.15 Å². The van der Waals surface area contributed by atoms with E-state index in [-0.39, 0.29) is 5.15 Å². The van der Waals surface area contributed by atoms with Crippen molar-refractivity contribution in [1.82, 2.24) is 4.98 Å². The first-order valence-electron chi connectivity index (χ1n) is 5.97. The zero-order valence-electron chi connectivity index (χ0n) is 10.8. The Bertz CT molecular complexity index is 605. The van der Waals surface area contributed by atoms with Crippen molar-refractivity contribution in [2.45, 2.75) is 6.42 Å². The maximum absolute atomic E-state index is 6.12. The Kier molecular flexibility index (Phi) is 5.49. The molecule has 0 fully saturated rings. The number of anilines is 2. The SMILES string of the molecule is COCCc1ccccc1Nc1nc(Cl)c(Cl)cc1Cl. The van der Waals surface area contributed by atoms with Crippen LogP contribution in [0.5, 0.6) is 0 Å². The number of aromatic nitrogens is 1. The molecule has 0 atom stereocenters. The number of benzene rings is 1. The van der Waals surface area contributed by atoms with Gasteiger partial charge in [-0.3, -0.25) is 0 Å². The normalized spacial score (nSPS) is 10.6. The highest BCUT2D eigenvalue weighted by molar-refractivity contribution is 6.43. The largest absolute Gasteiger partial charge is 0.384 e. The summed E-state index contributed by atoms with van der Waals surface area (Å²) in [6.07, 6.45) is 0.790. The van der Waals surface area contributed by atoms with Crippen molar-refractivity contribution >= 4 is 46.3 Å². The summed E-state index contributed by atoms with van der Waals surface area (Å²) in [5.74, 6) is 0.478. The van der Waals surface area contributed by atoms with Crippen LogP contribution in [0.15, 0.2) is 30.3 Å². The number of hydrogen-bond donors (Lipinski definition) is 1. The van der Waals surface area contributed by atoms with E-state index >= 15 is 0 Å². The first-order valence-corrected chi connectivity index (χ1v) is 7.10. The number of methoxy groups -OCH3 is 1. The van der Waals surface area contributed by atoms with Gasteiger partial charge < -0.3 is 10.1 Å². The second kappa shape index (κ2) is 7.14. The lowest BCUT2D eigenvalue weighted by Crippen LogP contribution is -2.01. The van der Waals surface area contributed by atoms with Crippen molar-refractivity contribution in [3.8, 4) is 0 Å². The molecule has 0 spiro atoms. The number of nitrogens with one attached hydrogen (secondary N) is 1. The number of nitrogens with zero attached hydrogens (tertiary/aromatic N) is 1. The van der Waals surface area contributed by atoms with E-state index < -0.39 is 0 Å². The molecule has 0 bridgehead atoms. The van der Waals surface area contributed by atoms with Crippen LogP contribution in [0.4, 0.5) is 11.5 Å². The summed E-state index contributed by atoms with van der Waals surface area (Å²) < 4.78 is 5.10. The minimum absolute atomic E-state index is 0.216. The Morgan fingerprint density at radius 1 is 1.15 bits per heavy atom. The number of para-hydroxylation sites is 1. The third kappa shape index (κ3) is 3.76. The van der Waals surface area contributed by atoms with Gasteiger partial charge in [-0.05, 0) is 24.1 Å². The van der Waals surface area contributed by atoms with E-state index in [0.29, 0.717) is 22.5 Å². The number of rotatable bonds is 5. The van der Waals surface area contributed by atoms with E-state index in [1.54, 1.807) is 13.2 Å². The van der Waals surface area contributed by atoms with Crippen LogP contribution < -0.4 is 5.32 Å². The summed E-state index contributed by atoms with van der Waals surface area (Å²) in [6.45, 7) is 0.640. The van der Waals surface area contributed by atoms with E-state index in [9.17, 15) is 0 Å². The number of ether oxygens (including phenoxy) is 1. The third-order valence-corrected chi connectivity index (χ3v) is 3.69. The number of hydrogen-bond acceptors (Lipinski definition) is 3. The molecule has 6 heteroatoms. The lowest BCUT2D eigenvalue weighted by molar-refractivity contribution is 0.202. The second-order valence-corrected chi connectivity index (χ2v) is 5.29. The molecule has 0 unspecified atom stereocenters. The smallest absolute Gasteiger partial charge is 0.151 e. The van der Waals surface area contributed by atoms with E-state index in [2.05, 4.69) is 10.3 Å². The Labute approximate surface area is 132 Å². The van der Waals surface area contributed by atoms with E-state index in [1.807, 2.05) is 24.3 Å². The monoisotopic (exact) mass is 330 g/mol. The Hall–Kier alpha value is -1.000. The van der Waals surface area contributed by atoms with Gasteiger partial charge in [-0.2, -0.15) is 0 Å². The average Bonchev–Trinajstić information content (AvgIpc) is 2.44. The van der Waals surface area contributed by atoms with Crippen molar-refractivity contribution in [3.63, 3.8) is 0 Å². The molecule has 0 aliphatic rings. The molecule has 1 aromatic heterocycles. The summed E-state index contributed by atoms with van der Waals surface area (Å²) in [7, 11) is 1.67. The summed E-state index contributed by atoms with van der Waals surface area (Å²) in [4.78, 5) is 4.15. The first-order chi connectivity index (χ1) is 9.61. The minimum Gasteiger partial charge on any atom is -0.384 e. The van der Waals surface area contributed by atoms with Gasteiger partial charge in [0, 0.05) is 12.8 Å². The van der Waals surface area contributed by atoms with Crippen molar-refractivity contribution in [2.24, 2.45) is 0 Å². The minimum atomic E-state index is 0.216. The highest BCUT2D eigenvalue weighted by Crippen LogP contribution is 2.31. The lowest BCUT2D eigenvalue weighted by Gasteiger charge is -2.13. The zero-order chi connectivity index (χ0) is 14.5. The molecule has 1 aromatic carbocycles. The van der Waals surface area contributed by atoms with Gasteiger partial charge in [-0.25, -0.2) is 4.98 Å². The van der Waals surface area contributed by atoms with Crippen molar-refractivity contribution < 1.29 is 4.74 Å². The first kappa shape index (κ1) is 15.4. The fourth-order valence-electron chi connectivity index (χ4n) is 1.73. The van der Waals surface area contributed by atoms with Gasteiger partial charge in [-0.15, -0.1) is 0 Å². The predicted octanol–water partition coefficient (Wildman–Crippen LogP) is 4.97. The molecule has 0 aliphatic heterocycles. The van der Waals surface area contributed by atoms with Crippen molar-refractivity contribution in [2.75, 3.05) is 19.0 Å². The molecular formula is C14H13Cl3N2O. The molecule has 1 N–H and O–H groups in total. The van der Waals surface area contributed by atoms with Gasteiger partial charge in [-0.1, -0.05) is 53.0 Å². The molecule has 3 nitrogen and oxygen atoms in total. The molecule has 0 aliphatic carbocycles. The van der Waals surface area contributed by atoms with Gasteiger partial charge in [0.05, 0.1) is 16.7 Å². The van der Waals surface area contributed by atoms with E-state index in [4.69, 9.17) is 39.5 Å². The van der Waals surface area contributed by atoms with Gasteiger partial charge in [0.2, 0.25) is 0 Å². The topological polar surface area (TPSA) is 34.1 Å². The Morgan fingerprint density at radius 3 is 2.65 bits per heavy atom. The standard InChI is InChI=1S/C14H13Cl3N2O/c1-20-7-6-9-4-2-3-5-12(9)18-14-11(16)8-10(15)13(17)19-14/h2-5,8H,6-7H2,1H3,(H,18,19). The number of halogens is 3. The maximum Gasteiger partial charge on any atom is 0.151 e. The predicted molar refractivity (Wildman–Crippen MR) is 84.6 cm³/mol. The van der Waals surface area contributed by atoms with Crippen LogP contribution >= 0.6 is 34.8 Å². The van der Waals surface area contributed by atoms with Crippen LogP contribution in [0, 0.1) is 0 Å². The second-order valence-electron chi connectivity index (χ2n) is 4.12. The summed E-state index contributed by atoms with van der Waals surface area (Å²) >= 11 is 17.9. The molecule has 2 rings (SSSR count). The van der Waals surface area contributed by atoms with Crippen LogP contribution in [-0.2, 0) is 11.2 Å². The van der Waals surface area contributed by atoms with Gasteiger partial charge in [0.15, 0.2) is 5.82 Å². The molecule has 1 heterocycles. The van der Waals surface area contributed by atoms with Crippen molar-refractivity contribution in [1.29, 1.82) is 0 Å². The van der Waals surface area contributed by atoms with E-state index in [0.717, 1.165) is 17.7 Å². The molecule has 0 saturated carbocycles. The number of pyridine rings is 1. The third-order valence-electron chi connectivity index (χ3n) is 2.73. The molecular weight excluding hydrogens is 319 g/mol. The molecule has 0 saturated heterocycles. The highest BCUT2D eigenvalue weighted by atomic mass is 35.5. The van der Waals surface area contributed by atoms with E-state index in [1.165, 1.54) is 0 Å². The molecule has 2 aromatic rings. The lowest BCUT2D eigenvalue weighted by atomic mass is 10.1. The maximum atomic E-state index is 6.12. The molecule has 20 heavy (non-hydrogen) atoms. The average molecular weight is 332 g/mol. The fraction of sp³-hybridized carbons (Fsp3) is 0.214. The van der Waals surface area contributed by atoms with Crippen LogP contribution in [0.2, 0.25) is 15.2 Å². The zero-order valence-corrected chi connectivity index (χ0v) is 13.1. The van der Waals surface area contributed by atoms with Gasteiger partial charge in [0.25, 0.3) is 0 Å².